The fourth-order valence-electron chi connectivity index (χ4n) is 4.16. The first-order valence-electron chi connectivity index (χ1n) is 9.87. The maximum absolute atomic E-state index is 13.6. The second-order valence-corrected chi connectivity index (χ2v) is 7.36. The lowest BCUT2D eigenvalue weighted by Gasteiger charge is -2.27. The van der Waals surface area contributed by atoms with Gasteiger partial charge in [-0.15, -0.1) is 0 Å². The summed E-state index contributed by atoms with van der Waals surface area (Å²) in [4.78, 5) is 18.5. The number of aromatic nitrogens is 2. The minimum Gasteiger partial charge on any atom is -0.497 e. The lowest BCUT2D eigenvalue weighted by molar-refractivity contribution is -0.148. The zero-order chi connectivity index (χ0) is 22.2. The van der Waals surface area contributed by atoms with Gasteiger partial charge < -0.3 is 18.9 Å². The van der Waals surface area contributed by atoms with E-state index in [1.807, 2.05) is 6.07 Å². The van der Waals surface area contributed by atoms with Gasteiger partial charge in [0.2, 0.25) is 11.7 Å². The number of hydrogen-bond acceptors (Lipinski definition) is 4. The Hall–Kier alpha value is -3.23. The number of rotatable bonds is 5. The van der Waals surface area contributed by atoms with Gasteiger partial charge in [0.1, 0.15) is 18.0 Å². The summed E-state index contributed by atoms with van der Waals surface area (Å²) in [5, 5.41) is 0. The van der Waals surface area contributed by atoms with Crippen molar-refractivity contribution in [1.82, 2.24) is 14.5 Å². The Morgan fingerprint density at radius 3 is 2.65 bits per heavy atom. The average Bonchev–Trinajstić information content (AvgIpc) is 3.38. The molecule has 1 amide bonds. The number of methoxy groups -OCH3 is 2. The van der Waals surface area contributed by atoms with Crippen LogP contribution in [0.4, 0.5) is 13.2 Å². The zero-order valence-corrected chi connectivity index (χ0v) is 17.1. The van der Waals surface area contributed by atoms with E-state index in [0.717, 1.165) is 16.6 Å². The van der Waals surface area contributed by atoms with Crippen LogP contribution in [0.5, 0.6) is 11.5 Å². The van der Waals surface area contributed by atoms with Gasteiger partial charge in [0.25, 0.3) is 0 Å². The number of likely N-dealkylation sites (tertiary alicyclic amines) is 1. The fraction of sp³-hybridized carbons (Fsp3) is 0.364. The highest BCUT2D eigenvalue weighted by Crippen LogP contribution is 2.39. The molecule has 9 heteroatoms. The Morgan fingerprint density at radius 2 is 1.94 bits per heavy atom. The highest BCUT2D eigenvalue weighted by Gasteiger charge is 2.39. The van der Waals surface area contributed by atoms with Crippen LogP contribution in [0, 0.1) is 0 Å². The molecule has 1 aliphatic heterocycles. The highest BCUT2D eigenvalue weighted by molar-refractivity contribution is 5.82. The van der Waals surface area contributed by atoms with Crippen molar-refractivity contribution in [2.24, 2.45) is 0 Å². The molecular weight excluding hydrogens is 411 g/mol. The molecule has 0 unspecified atom stereocenters. The number of nitrogens with zero attached hydrogens (tertiary/aromatic N) is 3. The van der Waals surface area contributed by atoms with Gasteiger partial charge in [-0.1, -0.05) is 12.1 Å². The maximum Gasteiger partial charge on any atom is 0.449 e. The lowest BCUT2D eigenvalue weighted by atomic mass is 10.0. The Labute approximate surface area is 177 Å². The first-order chi connectivity index (χ1) is 14.8. The van der Waals surface area contributed by atoms with E-state index in [2.05, 4.69) is 4.98 Å². The third-order valence-electron chi connectivity index (χ3n) is 5.57. The molecule has 1 atom stereocenters. The minimum absolute atomic E-state index is 0.206. The van der Waals surface area contributed by atoms with E-state index in [1.165, 1.54) is 13.2 Å². The molecule has 0 spiro atoms. The third kappa shape index (κ3) is 3.92. The van der Waals surface area contributed by atoms with Crippen molar-refractivity contribution in [2.75, 3.05) is 20.8 Å². The molecule has 1 fully saturated rings. The molecule has 0 radical (unpaired) electrons. The summed E-state index contributed by atoms with van der Waals surface area (Å²) in [5.41, 5.74) is 1.29. The van der Waals surface area contributed by atoms with Crippen molar-refractivity contribution in [3.63, 3.8) is 0 Å². The number of para-hydroxylation sites is 2. The third-order valence-corrected chi connectivity index (χ3v) is 5.57. The van der Waals surface area contributed by atoms with Gasteiger partial charge in [0.15, 0.2) is 0 Å². The van der Waals surface area contributed by atoms with E-state index in [1.54, 1.807) is 42.3 Å². The number of fused-ring (bicyclic) bond motifs is 1. The summed E-state index contributed by atoms with van der Waals surface area (Å²) in [7, 11) is 3.08. The van der Waals surface area contributed by atoms with Crippen LogP contribution < -0.4 is 9.47 Å². The summed E-state index contributed by atoms with van der Waals surface area (Å²) in [6.07, 6.45) is -3.21. The summed E-state index contributed by atoms with van der Waals surface area (Å²) in [5.74, 6) is -0.266. The van der Waals surface area contributed by atoms with Crippen molar-refractivity contribution >= 4 is 16.9 Å². The molecule has 0 saturated carbocycles. The summed E-state index contributed by atoms with van der Waals surface area (Å²) in [6, 6.07) is 11.4. The van der Waals surface area contributed by atoms with Crippen molar-refractivity contribution in [3.05, 3.63) is 53.9 Å². The van der Waals surface area contributed by atoms with E-state index in [4.69, 9.17) is 9.47 Å². The van der Waals surface area contributed by atoms with Crippen LogP contribution in [-0.4, -0.2) is 41.1 Å². The van der Waals surface area contributed by atoms with Gasteiger partial charge in [-0.2, -0.15) is 13.2 Å². The predicted molar refractivity (Wildman–Crippen MR) is 108 cm³/mol. The number of benzene rings is 2. The Bertz CT molecular complexity index is 1110. The smallest absolute Gasteiger partial charge is 0.449 e. The summed E-state index contributed by atoms with van der Waals surface area (Å²) in [6.45, 7) is 0.0248. The number of amides is 1. The molecular formula is C22H22F3N3O3. The number of hydrogen-bond donors (Lipinski definition) is 0. The first kappa shape index (κ1) is 21.0. The van der Waals surface area contributed by atoms with E-state index in [-0.39, 0.29) is 17.1 Å². The molecule has 4 rings (SSSR count). The topological polar surface area (TPSA) is 56.6 Å². The Kier molecular flexibility index (Phi) is 5.51. The highest BCUT2D eigenvalue weighted by atomic mass is 19.4. The Morgan fingerprint density at radius 1 is 1.16 bits per heavy atom. The first-order valence-corrected chi connectivity index (χ1v) is 9.87. The SMILES string of the molecule is COc1ccc([C@@H]2CCCN2C(=O)Cn2c(C(F)(F)F)nc3ccccc32)c(OC)c1. The predicted octanol–water partition coefficient (Wildman–Crippen LogP) is 4.44. The molecule has 31 heavy (non-hydrogen) atoms. The number of alkyl halides is 3. The van der Waals surface area contributed by atoms with Gasteiger partial charge in [-0.05, 0) is 37.1 Å². The molecule has 0 N–H and O–H groups in total. The molecule has 0 bridgehead atoms. The van der Waals surface area contributed by atoms with Gasteiger partial charge in [0, 0.05) is 18.2 Å². The fourth-order valence-corrected chi connectivity index (χ4v) is 4.16. The maximum atomic E-state index is 13.6. The van der Waals surface area contributed by atoms with Gasteiger partial charge in [0.05, 0.1) is 31.3 Å². The molecule has 6 nitrogen and oxygen atoms in total. The quantitative estimate of drug-likeness (QED) is 0.597. The lowest BCUT2D eigenvalue weighted by Crippen LogP contribution is -2.34. The second kappa shape index (κ2) is 8.13. The average molecular weight is 433 g/mol. The molecule has 3 aromatic rings. The van der Waals surface area contributed by atoms with Crippen molar-refractivity contribution in [1.29, 1.82) is 0 Å². The van der Waals surface area contributed by atoms with Crippen molar-refractivity contribution in [3.8, 4) is 11.5 Å². The van der Waals surface area contributed by atoms with Crippen LogP contribution in [-0.2, 0) is 17.5 Å². The number of carbonyl (C=O) groups excluding carboxylic acids is 1. The summed E-state index contributed by atoms with van der Waals surface area (Å²) < 4.78 is 52.4. The minimum atomic E-state index is -4.66. The summed E-state index contributed by atoms with van der Waals surface area (Å²) >= 11 is 0. The standard InChI is InChI=1S/C22H22F3N3O3/c1-30-14-9-10-15(19(12-14)31-2)17-8-5-11-27(17)20(29)13-28-18-7-4-3-6-16(18)26-21(28)22(23,24)25/h3-4,6-7,9-10,12,17H,5,8,11,13H2,1-2H3/t17-/m0/s1. The number of imidazole rings is 1. The second-order valence-electron chi connectivity index (χ2n) is 7.36. The zero-order valence-electron chi connectivity index (χ0n) is 17.1. The van der Waals surface area contributed by atoms with Crippen molar-refractivity contribution in [2.45, 2.75) is 31.6 Å². The van der Waals surface area contributed by atoms with Crippen LogP contribution in [0.25, 0.3) is 11.0 Å². The molecule has 2 aromatic carbocycles. The van der Waals surface area contributed by atoms with Crippen LogP contribution >= 0.6 is 0 Å². The monoisotopic (exact) mass is 433 g/mol. The molecule has 1 saturated heterocycles. The van der Waals surface area contributed by atoms with E-state index in [9.17, 15) is 18.0 Å². The number of carbonyl (C=O) groups is 1. The number of halogens is 3. The molecule has 164 valence electrons. The van der Waals surface area contributed by atoms with E-state index >= 15 is 0 Å². The van der Waals surface area contributed by atoms with Gasteiger partial charge >= 0.3 is 6.18 Å². The van der Waals surface area contributed by atoms with E-state index in [0.29, 0.717) is 24.5 Å². The van der Waals surface area contributed by atoms with Crippen LogP contribution in [0.15, 0.2) is 42.5 Å². The largest absolute Gasteiger partial charge is 0.497 e. The van der Waals surface area contributed by atoms with Crippen molar-refractivity contribution < 1.29 is 27.4 Å². The van der Waals surface area contributed by atoms with Crippen LogP contribution in [0.3, 0.4) is 0 Å². The molecule has 0 aliphatic carbocycles. The Balaban J connectivity index is 1.67. The van der Waals surface area contributed by atoms with Gasteiger partial charge in [-0.25, -0.2) is 4.98 Å². The van der Waals surface area contributed by atoms with Crippen LogP contribution in [0.2, 0.25) is 0 Å². The number of ether oxygens (including phenoxy) is 2. The van der Waals surface area contributed by atoms with Crippen LogP contribution in [0.1, 0.15) is 30.3 Å². The molecule has 1 aromatic heterocycles. The van der Waals surface area contributed by atoms with Gasteiger partial charge in [-0.3, -0.25) is 4.79 Å². The van der Waals surface area contributed by atoms with E-state index < -0.39 is 24.5 Å². The molecule has 1 aliphatic rings. The normalized spacial score (nSPS) is 16.7. The molecule has 2 heterocycles.